The third kappa shape index (κ3) is 1.72. The van der Waals surface area contributed by atoms with Gasteiger partial charge in [-0.1, -0.05) is 0 Å². The molecule has 2 saturated carbocycles. The first-order valence-corrected chi connectivity index (χ1v) is 6.31. The topological polar surface area (TPSA) is 43.4 Å². The molecule has 76 valence electrons. The van der Waals surface area contributed by atoms with Crippen molar-refractivity contribution in [2.24, 2.45) is 11.8 Å². The van der Waals surface area contributed by atoms with Gasteiger partial charge in [-0.15, -0.1) is 0 Å². The van der Waals surface area contributed by atoms with Crippen LogP contribution in [0.5, 0.6) is 0 Å². The van der Waals surface area contributed by atoms with E-state index in [4.69, 9.17) is 4.18 Å². The Balaban J connectivity index is 2.10. The van der Waals surface area contributed by atoms with Crippen molar-refractivity contribution in [1.82, 2.24) is 0 Å². The molecule has 0 unspecified atom stereocenters. The summed E-state index contributed by atoms with van der Waals surface area (Å²) in [6.45, 7) is 0. The van der Waals surface area contributed by atoms with Crippen LogP contribution in [0.3, 0.4) is 0 Å². The van der Waals surface area contributed by atoms with Crippen LogP contribution in [0.15, 0.2) is 0 Å². The van der Waals surface area contributed by atoms with Crippen LogP contribution in [0.25, 0.3) is 0 Å². The van der Waals surface area contributed by atoms with E-state index in [1.165, 1.54) is 0 Å². The molecule has 2 bridgehead atoms. The van der Waals surface area contributed by atoms with Gasteiger partial charge in [-0.05, 0) is 25.2 Å². The molecule has 4 atom stereocenters. The number of hydrogen-bond donors (Lipinski definition) is 0. The summed E-state index contributed by atoms with van der Waals surface area (Å²) in [5.74, 6) is -0.0607. The van der Waals surface area contributed by atoms with Gasteiger partial charge in [0.1, 0.15) is 6.17 Å². The number of hydrogen-bond acceptors (Lipinski definition) is 3. The lowest BCUT2D eigenvalue weighted by Gasteiger charge is -2.14. The van der Waals surface area contributed by atoms with Gasteiger partial charge in [-0.2, -0.15) is 8.42 Å². The summed E-state index contributed by atoms with van der Waals surface area (Å²) in [5.41, 5.74) is 0. The standard InChI is InChI=1S/C8H13FO3S/c1-13(10,11)12-8-5-2-3-6(8)7(9)4-5/h5-8H,2-4H2,1H3/t5-,6+,7-,8+/m1/s1. The smallest absolute Gasteiger partial charge is 0.264 e. The molecule has 0 saturated heterocycles. The Hall–Kier alpha value is -0.160. The lowest BCUT2D eigenvalue weighted by Crippen LogP contribution is -2.23. The van der Waals surface area contributed by atoms with Gasteiger partial charge >= 0.3 is 0 Å². The molecule has 2 rings (SSSR count). The first-order valence-electron chi connectivity index (χ1n) is 4.50. The fraction of sp³-hybridized carbons (Fsp3) is 1.00. The van der Waals surface area contributed by atoms with Gasteiger partial charge < -0.3 is 0 Å². The molecule has 0 N–H and O–H groups in total. The predicted octanol–water partition coefficient (Wildman–Crippen LogP) is 1.10. The number of halogens is 1. The van der Waals surface area contributed by atoms with E-state index in [1.54, 1.807) is 0 Å². The molecule has 0 amide bonds. The van der Waals surface area contributed by atoms with Crippen LogP contribution in [0.4, 0.5) is 4.39 Å². The van der Waals surface area contributed by atoms with Gasteiger partial charge in [-0.3, -0.25) is 4.18 Å². The summed E-state index contributed by atoms with van der Waals surface area (Å²) >= 11 is 0. The zero-order valence-corrected chi connectivity index (χ0v) is 8.26. The van der Waals surface area contributed by atoms with Crippen molar-refractivity contribution in [2.75, 3.05) is 6.26 Å². The summed E-state index contributed by atoms with van der Waals surface area (Å²) in [6.07, 6.45) is 1.94. The third-order valence-corrected chi connectivity index (χ3v) is 3.61. The minimum Gasteiger partial charge on any atom is -0.266 e. The Morgan fingerprint density at radius 1 is 1.38 bits per heavy atom. The fourth-order valence-corrected chi connectivity index (χ4v) is 3.24. The molecule has 2 fully saturated rings. The van der Waals surface area contributed by atoms with Crippen molar-refractivity contribution >= 4 is 10.1 Å². The zero-order chi connectivity index (χ0) is 9.64. The van der Waals surface area contributed by atoms with Crippen LogP contribution in [0.2, 0.25) is 0 Å². The van der Waals surface area contributed by atoms with E-state index >= 15 is 0 Å². The molecule has 13 heavy (non-hydrogen) atoms. The molecule has 2 aliphatic carbocycles. The largest absolute Gasteiger partial charge is 0.266 e. The molecule has 5 heteroatoms. The summed E-state index contributed by atoms with van der Waals surface area (Å²) < 4.78 is 39.8. The summed E-state index contributed by atoms with van der Waals surface area (Å²) in [5, 5.41) is 0. The van der Waals surface area contributed by atoms with Crippen molar-refractivity contribution in [3.05, 3.63) is 0 Å². The predicted molar refractivity (Wildman–Crippen MR) is 45.4 cm³/mol. The molecule has 3 nitrogen and oxygen atoms in total. The Bertz CT molecular complexity index is 301. The number of alkyl halides is 1. The molecular formula is C8H13FO3S. The highest BCUT2D eigenvalue weighted by molar-refractivity contribution is 7.86. The van der Waals surface area contributed by atoms with E-state index < -0.39 is 16.3 Å². The van der Waals surface area contributed by atoms with Gasteiger partial charge in [0.15, 0.2) is 0 Å². The molecule has 0 spiro atoms. The van der Waals surface area contributed by atoms with E-state index in [-0.39, 0.29) is 17.9 Å². The van der Waals surface area contributed by atoms with E-state index in [0.29, 0.717) is 6.42 Å². The van der Waals surface area contributed by atoms with Crippen molar-refractivity contribution in [3.8, 4) is 0 Å². The van der Waals surface area contributed by atoms with Crippen molar-refractivity contribution < 1.29 is 17.0 Å². The van der Waals surface area contributed by atoms with Crippen molar-refractivity contribution in [1.29, 1.82) is 0 Å². The van der Waals surface area contributed by atoms with Crippen molar-refractivity contribution in [2.45, 2.75) is 31.5 Å². The van der Waals surface area contributed by atoms with Gasteiger partial charge in [0.2, 0.25) is 0 Å². The maximum absolute atomic E-state index is 13.2. The number of fused-ring (bicyclic) bond motifs is 2. The first-order chi connectivity index (χ1) is 5.97. The molecule has 0 heterocycles. The highest BCUT2D eigenvalue weighted by atomic mass is 32.2. The van der Waals surface area contributed by atoms with E-state index in [9.17, 15) is 12.8 Å². The molecule has 0 aromatic rings. The fourth-order valence-electron chi connectivity index (χ4n) is 2.54. The lowest BCUT2D eigenvalue weighted by molar-refractivity contribution is 0.143. The normalized spacial score (nSPS) is 44.2. The minimum absolute atomic E-state index is 0.120. The van der Waals surface area contributed by atoms with E-state index in [2.05, 4.69) is 0 Å². The zero-order valence-electron chi connectivity index (χ0n) is 7.44. The first kappa shape index (κ1) is 9.40. The Labute approximate surface area is 77.4 Å². The van der Waals surface area contributed by atoms with Crippen LogP contribution in [-0.4, -0.2) is 26.9 Å². The monoisotopic (exact) mass is 208 g/mol. The Morgan fingerprint density at radius 3 is 2.46 bits per heavy atom. The number of rotatable bonds is 2. The van der Waals surface area contributed by atoms with Gasteiger partial charge in [-0.25, -0.2) is 4.39 Å². The van der Waals surface area contributed by atoms with Crippen LogP contribution < -0.4 is 0 Å². The second-order valence-electron chi connectivity index (χ2n) is 4.02. The van der Waals surface area contributed by atoms with Gasteiger partial charge in [0.25, 0.3) is 10.1 Å². The highest BCUT2D eigenvalue weighted by Crippen LogP contribution is 2.48. The maximum atomic E-state index is 13.2. The third-order valence-electron chi connectivity index (χ3n) is 3.04. The molecule has 0 aromatic heterocycles. The van der Waals surface area contributed by atoms with E-state index in [0.717, 1.165) is 19.1 Å². The second-order valence-corrected chi connectivity index (χ2v) is 5.62. The van der Waals surface area contributed by atoms with Crippen molar-refractivity contribution in [3.63, 3.8) is 0 Å². The molecule has 0 aromatic carbocycles. The summed E-state index contributed by atoms with van der Waals surface area (Å²) in [7, 11) is -3.42. The quantitative estimate of drug-likeness (QED) is 0.638. The van der Waals surface area contributed by atoms with Gasteiger partial charge in [0.05, 0.1) is 12.4 Å². The molecular weight excluding hydrogens is 195 g/mol. The average molecular weight is 208 g/mol. The van der Waals surface area contributed by atoms with Crippen LogP contribution in [0, 0.1) is 11.8 Å². The minimum atomic E-state index is -3.42. The molecule has 2 aliphatic rings. The second kappa shape index (κ2) is 2.92. The molecule has 0 aliphatic heterocycles. The van der Waals surface area contributed by atoms with Crippen LogP contribution in [-0.2, 0) is 14.3 Å². The highest BCUT2D eigenvalue weighted by Gasteiger charge is 2.50. The maximum Gasteiger partial charge on any atom is 0.264 e. The lowest BCUT2D eigenvalue weighted by atomic mass is 9.99. The van der Waals surface area contributed by atoms with Crippen LogP contribution in [0.1, 0.15) is 19.3 Å². The average Bonchev–Trinajstić information content (AvgIpc) is 2.42. The SMILES string of the molecule is CS(=O)(=O)O[C@H]1[C@@H]2CC[C@H]1[C@H](F)C2. The Morgan fingerprint density at radius 2 is 2.08 bits per heavy atom. The summed E-state index contributed by atoms with van der Waals surface area (Å²) in [6, 6.07) is 0. The van der Waals surface area contributed by atoms with E-state index in [1.807, 2.05) is 0 Å². The van der Waals surface area contributed by atoms with Gasteiger partial charge in [0, 0.05) is 5.92 Å². The Kier molecular flexibility index (Phi) is 2.11. The molecule has 0 radical (unpaired) electrons. The summed E-state index contributed by atoms with van der Waals surface area (Å²) in [4.78, 5) is 0. The van der Waals surface area contributed by atoms with Crippen LogP contribution >= 0.6 is 0 Å².